The van der Waals surface area contributed by atoms with Crippen molar-refractivity contribution < 1.29 is 48.7 Å². The number of ether oxygens (including phenoxy) is 1. The third kappa shape index (κ3) is 4.82. The number of azo groups is 1. The summed E-state index contributed by atoms with van der Waals surface area (Å²) in [6.07, 6.45) is 1.53. The molecule has 0 unspecified atom stereocenters. The van der Waals surface area contributed by atoms with E-state index in [4.69, 9.17) is 10.5 Å². The number of anilines is 1. The van der Waals surface area contributed by atoms with Crippen molar-refractivity contribution in [3.8, 4) is 17.0 Å². The number of nitrogen functional groups attached to an aromatic ring is 1. The molecule has 0 radical (unpaired) electrons. The van der Waals surface area contributed by atoms with Gasteiger partial charge in [-0.3, -0.25) is 9.54 Å². The van der Waals surface area contributed by atoms with E-state index in [-0.39, 0.29) is 47.3 Å². The Bertz CT molecular complexity index is 1410. The van der Waals surface area contributed by atoms with Gasteiger partial charge in [-0.25, -0.2) is 0 Å². The van der Waals surface area contributed by atoms with Gasteiger partial charge in [-0.1, -0.05) is 36.4 Å². The summed E-state index contributed by atoms with van der Waals surface area (Å²) < 4.78 is 38.6. The van der Waals surface area contributed by atoms with Crippen LogP contribution in [0.1, 0.15) is 1.43 Å². The van der Waals surface area contributed by atoms with Crippen LogP contribution in [-0.4, -0.2) is 25.1 Å². The molecule has 0 atom stereocenters. The Hall–Kier alpha value is -2.82. The van der Waals surface area contributed by atoms with Crippen LogP contribution in [0, 0.1) is 0 Å². The summed E-state index contributed by atoms with van der Waals surface area (Å²) in [5.74, 6) is 0.700. The molecule has 0 saturated carbocycles. The van der Waals surface area contributed by atoms with Crippen molar-refractivity contribution in [2.24, 2.45) is 10.2 Å². The Morgan fingerprint density at radius 1 is 1.00 bits per heavy atom. The average Bonchev–Trinajstić information content (AvgIpc) is 2.78. The van der Waals surface area contributed by atoms with E-state index in [9.17, 15) is 13.0 Å². The average molecular weight is 458 g/mol. The van der Waals surface area contributed by atoms with Crippen LogP contribution in [0.25, 0.3) is 22.0 Å². The number of hydrogen-bond acceptors (Lipinski definition) is 7. The quantitative estimate of drug-likeness (QED) is 0.204. The van der Waals surface area contributed by atoms with Gasteiger partial charge in [0.1, 0.15) is 22.0 Å². The third-order valence-electron chi connectivity index (χ3n) is 4.71. The molecule has 8 nitrogen and oxygen atoms in total. The first-order valence-corrected chi connectivity index (χ1v) is 10.6. The molecule has 0 fully saturated rings. The van der Waals surface area contributed by atoms with Crippen LogP contribution in [0.3, 0.4) is 0 Å². The summed E-state index contributed by atoms with van der Waals surface area (Å²) in [7, 11) is -2.88. The maximum atomic E-state index is 11.8. The zero-order chi connectivity index (χ0) is 22.0. The Balaban J connectivity index is 0.00000193. The van der Waals surface area contributed by atoms with Crippen LogP contribution < -0.4 is 40.0 Å². The summed E-state index contributed by atoms with van der Waals surface area (Å²) in [5.41, 5.74) is 8.53. The minimum atomic E-state index is -4.48. The number of nitrogens with two attached hydrogens (primary N) is 1. The number of methoxy groups -OCH3 is 1. The number of rotatable bonds is 5. The van der Waals surface area contributed by atoms with Crippen molar-refractivity contribution in [2.45, 2.75) is 4.90 Å². The first kappa shape index (κ1) is 23.8. The maximum Gasteiger partial charge on any atom is 1.00 e. The van der Waals surface area contributed by atoms with E-state index < -0.39 is 10.1 Å². The van der Waals surface area contributed by atoms with Crippen LogP contribution in [0.15, 0.2) is 88.1 Å². The van der Waals surface area contributed by atoms with Gasteiger partial charge < -0.3 is 11.9 Å². The monoisotopic (exact) mass is 458 g/mol. The van der Waals surface area contributed by atoms with Crippen LogP contribution in [0.4, 0.5) is 17.1 Å². The molecule has 1 aromatic heterocycles. The number of benzene rings is 3. The summed E-state index contributed by atoms with van der Waals surface area (Å²) in [6.45, 7) is 0. The van der Waals surface area contributed by atoms with Crippen molar-refractivity contribution in [3.05, 3.63) is 72.9 Å². The minimum absolute atomic E-state index is 0. The molecule has 0 aliphatic carbocycles. The summed E-state index contributed by atoms with van der Waals surface area (Å²) in [4.78, 5) is 4.12. The fourth-order valence-electron chi connectivity index (χ4n) is 3.22. The van der Waals surface area contributed by atoms with Crippen LogP contribution in [-0.2, 0) is 10.1 Å². The number of nitrogens with zero attached hydrogens (tertiary/aromatic N) is 3. The van der Waals surface area contributed by atoms with Crippen molar-refractivity contribution in [1.82, 2.24) is 4.98 Å². The summed E-state index contributed by atoms with van der Waals surface area (Å²) in [5, 5.41) is 8.98. The van der Waals surface area contributed by atoms with Crippen LogP contribution in [0.2, 0.25) is 0 Å². The summed E-state index contributed by atoms with van der Waals surface area (Å²) >= 11 is 0. The van der Waals surface area contributed by atoms with Gasteiger partial charge in [-0.2, -0.15) is 8.42 Å². The number of para-hydroxylation sites is 1. The Labute approximate surface area is 208 Å². The molecule has 4 rings (SSSR count). The molecule has 0 spiro atoms. The molecule has 0 aliphatic rings. The van der Waals surface area contributed by atoms with Gasteiger partial charge in [0.25, 0.3) is 10.1 Å². The standard InChI is InChI=1S/C22H18N4O4S.Na.H/c1-30-20-9-5-4-8-17(20)18-11-10-14(13-24-18)25-26-19-12-21(31(27,28)29)15-6-2-3-7-16(15)22(19)23;;/h2-13H,23H2,1H3,(H,27,28,29);;/q;+1;-1. The second kappa shape index (κ2) is 9.76. The molecule has 0 bridgehead atoms. The molecule has 158 valence electrons. The van der Waals surface area contributed by atoms with Crippen molar-refractivity contribution >= 4 is 38.0 Å². The topological polar surface area (TPSA) is 127 Å². The van der Waals surface area contributed by atoms with E-state index in [1.807, 2.05) is 24.3 Å². The van der Waals surface area contributed by atoms with Gasteiger partial charge >= 0.3 is 29.6 Å². The second-order valence-corrected chi connectivity index (χ2v) is 8.02. The molecule has 0 saturated heterocycles. The van der Waals surface area contributed by atoms with E-state index in [0.29, 0.717) is 27.9 Å². The van der Waals surface area contributed by atoms with Crippen LogP contribution >= 0.6 is 0 Å². The first-order valence-electron chi connectivity index (χ1n) is 9.18. The number of fused-ring (bicyclic) bond motifs is 1. The normalized spacial score (nSPS) is 11.4. The molecule has 0 aliphatic heterocycles. The van der Waals surface area contributed by atoms with E-state index >= 15 is 0 Å². The van der Waals surface area contributed by atoms with E-state index in [1.54, 1.807) is 43.5 Å². The Morgan fingerprint density at radius 3 is 2.34 bits per heavy atom. The molecule has 10 heteroatoms. The van der Waals surface area contributed by atoms with Gasteiger partial charge in [0, 0.05) is 16.3 Å². The summed E-state index contributed by atoms with van der Waals surface area (Å²) in [6, 6.07) is 18.8. The number of aromatic nitrogens is 1. The van der Waals surface area contributed by atoms with E-state index in [1.165, 1.54) is 12.3 Å². The number of hydrogen-bond donors (Lipinski definition) is 2. The van der Waals surface area contributed by atoms with Gasteiger partial charge in [0.15, 0.2) is 0 Å². The van der Waals surface area contributed by atoms with E-state index in [2.05, 4.69) is 15.2 Å². The Kier molecular flexibility index (Phi) is 7.27. The maximum absolute atomic E-state index is 11.8. The second-order valence-electron chi connectivity index (χ2n) is 6.63. The molecule has 1 heterocycles. The molecular formula is C22H19N4NaO4S. The number of pyridine rings is 1. The zero-order valence-electron chi connectivity index (χ0n) is 18.4. The SMILES string of the molecule is COc1ccccc1-c1ccc(N=Nc2cc(S(=O)(=O)O)c3ccccc3c2N)cn1.[H-].[Na+]. The zero-order valence-corrected chi connectivity index (χ0v) is 20.2. The largest absolute Gasteiger partial charge is 1.00 e. The smallest absolute Gasteiger partial charge is 1.00 e. The molecule has 3 N–H and O–H groups in total. The van der Waals surface area contributed by atoms with Crippen molar-refractivity contribution in [1.29, 1.82) is 0 Å². The van der Waals surface area contributed by atoms with Gasteiger partial charge in [-0.05, 0) is 30.3 Å². The van der Waals surface area contributed by atoms with E-state index in [0.717, 1.165) is 5.56 Å². The van der Waals surface area contributed by atoms with Gasteiger partial charge in [-0.15, -0.1) is 10.2 Å². The van der Waals surface area contributed by atoms with Crippen molar-refractivity contribution in [2.75, 3.05) is 12.8 Å². The Morgan fingerprint density at radius 2 is 1.69 bits per heavy atom. The first-order chi connectivity index (χ1) is 14.9. The molecule has 4 aromatic rings. The molecule has 0 amide bonds. The molecule has 3 aromatic carbocycles. The molecule has 32 heavy (non-hydrogen) atoms. The van der Waals surface area contributed by atoms with Crippen LogP contribution in [0.5, 0.6) is 5.75 Å². The van der Waals surface area contributed by atoms with Crippen molar-refractivity contribution in [3.63, 3.8) is 0 Å². The fraction of sp³-hybridized carbons (Fsp3) is 0.0455. The predicted molar refractivity (Wildman–Crippen MR) is 120 cm³/mol. The third-order valence-corrected chi connectivity index (χ3v) is 5.60. The predicted octanol–water partition coefficient (Wildman–Crippen LogP) is 2.27. The van der Waals surface area contributed by atoms with Gasteiger partial charge in [0.05, 0.1) is 24.7 Å². The van der Waals surface area contributed by atoms with Gasteiger partial charge in [0.2, 0.25) is 0 Å². The minimum Gasteiger partial charge on any atom is -1.00 e. The molecular weight excluding hydrogens is 439 g/mol. The fourth-order valence-corrected chi connectivity index (χ4v) is 3.94.